The van der Waals surface area contributed by atoms with Gasteiger partial charge < -0.3 is 14.9 Å². The number of nitrogens with zero attached hydrogens (tertiary/aromatic N) is 2. The Kier molecular flexibility index (Phi) is 7.25. The number of thiazole rings is 1. The zero-order valence-corrected chi connectivity index (χ0v) is 18.9. The summed E-state index contributed by atoms with van der Waals surface area (Å²) in [7, 11) is 0. The van der Waals surface area contributed by atoms with Gasteiger partial charge in [-0.3, -0.25) is 4.79 Å². The highest BCUT2D eigenvalue weighted by molar-refractivity contribution is 7.09. The number of hydrogen-bond donors (Lipinski definition) is 2. The van der Waals surface area contributed by atoms with Crippen molar-refractivity contribution in [2.24, 2.45) is 0 Å². The molecule has 2 aromatic heterocycles. The molecule has 0 aliphatic heterocycles. The third kappa shape index (κ3) is 5.91. The van der Waals surface area contributed by atoms with Crippen LogP contribution in [0.15, 0.2) is 72.2 Å². The zero-order valence-electron chi connectivity index (χ0n) is 18.1. The van der Waals surface area contributed by atoms with Crippen molar-refractivity contribution in [3.05, 3.63) is 94.1 Å². The summed E-state index contributed by atoms with van der Waals surface area (Å²) in [5.41, 5.74) is 0.427. The van der Waals surface area contributed by atoms with Crippen LogP contribution in [-0.4, -0.2) is 32.6 Å². The second-order valence-corrected chi connectivity index (χ2v) is 8.49. The number of ether oxygens (including phenoxy) is 1. The second kappa shape index (κ2) is 10.3. The summed E-state index contributed by atoms with van der Waals surface area (Å²) in [4.78, 5) is 21.2. The third-order valence-electron chi connectivity index (χ3n) is 5.07. The second-order valence-electron chi connectivity index (χ2n) is 7.51. The molecule has 2 heterocycles. The van der Waals surface area contributed by atoms with Gasteiger partial charge in [-0.05, 0) is 54.6 Å². The number of ketones is 1. The molecule has 0 aliphatic rings. The number of aliphatic hydroxyl groups excluding tert-OH is 2. The van der Waals surface area contributed by atoms with E-state index in [9.17, 15) is 23.1 Å². The minimum atomic E-state index is -4.61. The first kappa shape index (κ1) is 24.5. The van der Waals surface area contributed by atoms with Crippen molar-refractivity contribution in [2.45, 2.75) is 18.7 Å². The lowest BCUT2D eigenvalue weighted by atomic mass is 10.0. The number of alkyl halides is 3. The van der Waals surface area contributed by atoms with Gasteiger partial charge in [0.15, 0.2) is 5.78 Å². The molecule has 1 atom stereocenters. The van der Waals surface area contributed by atoms with Crippen molar-refractivity contribution in [1.82, 2.24) is 9.97 Å². The van der Waals surface area contributed by atoms with Crippen molar-refractivity contribution >= 4 is 17.1 Å². The highest BCUT2D eigenvalue weighted by Crippen LogP contribution is 2.35. The number of hydrogen-bond acceptors (Lipinski definition) is 7. The van der Waals surface area contributed by atoms with Gasteiger partial charge in [0.2, 0.25) is 0 Å². The topological polar surface area (TPSA) is 92.5 Å². The molecule has 0 unspecified atom stereocenters. The molecule has 10 heteroatoms. The molecule has 0 radical (unpaired) electrons. The molecule has 0 aliphatic carbocycles. The average molecular weight is 500 g/mol. The maximum absolute atomic E-state index is 13.3. The van der Waals surface area contributed by atoms with Gasteiger partial charge in [-0.2, -0.15) is 13.2 Å². The number of rotatable bonds is 8. The molecule has 2 aromatic carbocycles. The molecule has 4 rings (SSSR count). The van der Waals surface area contributed by atoms with E-state index in [1.54, 1.807) is 47.8 Å². The van der Waals surface area contributed by atoms with Crippen LogP contribution in [0.2, 0.25) is 0 Å². The Labute approximate surface area is 202 Å². The van der Waals surface area contributed by atoms with Crippen molar-refractivity contribution in [3.8, 4) is 22.8 Å². The predicted molar refractivity (Wildman–Crippen MR) is 123 cm³/mol. The van der Waals surface area contributed by atoms with Crippen LogP contribution in [0.1, 0.15) is 32.7 Å². The number of Topliss-reactive ketones (excluding diaryl/α,β-unsaturated/α-hetero) is 1. The number of aliphatic hydroxyl groups is 2. The first-order chi connectivity index (χ1) is 16.7. The van der Waals surface area contributed by atoms with Crippen molar-refractivity contribution < 1.29 is 32.9 Å². The van der Waals surface area contributed by atoms with Gasteiger partial charge in [-0.15, -0.1) is 11.3 Å². The monoisotopic (exact) mass is 500 g/mol. The quantitative estimate of drug-likeness (QED) is 0.312. The summed E-state index contributed by atoms with van der Waals surface area (Å²) in [6.07, 6.45) is -4.33. The molecule has 0 saturated carbocycles. The number of carbonyl (C=O) groups is 1. The largest absolute Gasteiger partial charge is 0.457 e. The standard InChI is InChI=1S/C25H19F3N2O4S/c26-25(27,28)16-6-9-23(18(12-16)21(32)13-24-29-10-11-35-24)34-17-7-4-15(5-8-17)19-2-1-3-20(30-19)22(33)14-31/h1-12,22,31,33H,13-14H2/t22-/m1/s1. The fourth-order valence-corrected chi connectivity index (χ4v) is 3.91. The van der Waals surface area contributed by atoms with Crippen LogP contribution in [0.5, 0.6) is 11.5 Å². The van der Waals surface area contributed by atoms with E-state index < -0.39 is 30.2 Å². The molecule has 0 amide bonds. The van der Waals surface area contributed by atoms with Crippen molar-refractivity contribution in [1.29, 1.82) is 0 Å². The Balaban J connectivity index is 1.60. The first-order valence-corrected chi connectivity index (χ1v) is 11.3. The van der Waals surface area contributed by atoms with Gasteiger partial charge in [0, 0.05) is 17.1 Å². The summed E-state index contributed by atoms with van der Waals surface area (Å²) in [6, 6.07) is 14.4. The number of carbonyl (C=O) groups excluding carboxylic acids is 1. The molecule has 35 heavy (non-hydrogen) atoms. The molecule has 180 valence electrons. The Morgan fingerprint density at radius 3 is 2.51 bits per heavy atom. The normalized spacial score (nSPS) is 12.4. The maximum atomic E-state index is 13.3. The van der Waals surface area contributed by atoms with E-state index in [2.05, 4.69) is 9.97 Å². The Morgan fingerprint density at radius 2 is 1.86 bits per heavy atom. The van der Waals surface area contributed by atoms with Gasteiger partial charge in [0.25, 0.3) is 0 Å². The lowest BCUT2D eigenvalue weighted by Crippen LogP contribution is -2.10. The number of benzene rings is 2. The van der Waals surface area contributed by atoms with Gasteiger partial charge in [0.05, 0.1) is 35.5 Å². The van der Waals surface area contributed by atoms with Gasteiger partial charge in [-0.25, -0.2) is 9.97 Å². The maximum Gasteiger partial charge on any atom is 0.416 e. The fourth-order valence-electron chi connectivity index (χ4n) is 3.30. The van der Waals surface area contributed by atoms with E-state index in [0.717, 1.165) is 18.2 Å². The van der Waals surface area contributed by atoms with Crippen molar-refractivity contribution in [3.63, 3.8) is 0 Å². The Morgan fingerprint density at radius 1 is 1.09 bits per heavy atom. The predicted octanol–water partition coefficient (Wildman–Crippen LogP) is 5.47. The van der Waals surface area contributed by atoms with E-state index >= 15 is 0 Å². The van der Waals surface area contributed by atoms with Crippen LogP contribution >= 0.6 is 11.3 Å². The average Bonchev–Trinajstić information content (AvgIpc) is 3.36. The summed E-state index contributed by atoms with van der Waals surface area (Å²) in [5.74, 6) is -0.233. The molecule has 6 nitrogen and oxygen atoms in total. The summed E-state index contributed by atoms with van der Waals surface area (Å²) in [5, 5.41) is 21.1. The molecule has 0 bridgehead atoms. The highest BCUT2D eigenvalue weighted by Gasteiger charge is 2.32. The van der Waals surface area contributed by atoms with E-state index in [1.807, 2.05) is 0 Å². The van der Waals surface area contributed by atoms with Gasteiger partial charge in [0.1, 0.15) is 22.6 Å². The Hall–Kier alpha value is -3.60. The SMILES string of the molecule is O=C(Cc1nccs1)c1cc(C(F)(F)F)ccc1Oc1ccc(-c2cccc([C@H](O)CO)n2)cc1. The Bertz CT molecular complexity index is 1310. The van der Waals surface area contributed by atoms with Crippen LogP contribution in [0.3, 0.4) is 0 Å². The molecule has 0 saturated heterocycles. The number of pyridine rings is 1. The smallest absolute Gasteiger partial charge is 0.416 e. The number of halogens is 3. The van der Waals surface area contributed by atoms with E-state index in [4.69, 9.17) is 9.84 Å². The van der Waals surface area contributed by atoms with Crippen LogP contribution in [0.4, 0.5) is 13.2 Å². The van der Waals surface area contributed by atoms with E-state index in [1.165, 1.54) is 17.5 Å². The lowest BCUT2D eigenvalue weighted by molar-refractivity contribution is -0.137. The molecule has 2 N–H and O–H groups in total. The molecular weight excluding hydrogens is 481 g/mol. The summed E-state index contributed by atoms with van der Waals surface area (Å²) < 4.78 is 45.6. The molecule has 0 fully saturated rings. The van der Waals surface area contributed by atoms with Gasteiger partial charge >= 0.3 is 6.18 Å². The minimum Gasteiger partial charge on any atom is -0.457 e. The molecular formula is C25H19F3N2O4S. The zero-order chi connectivity index (χ0) is 25.0. The summed E-state index contributed by atoms with van der Waals surface area (Å²) >= 11 is 1.24. The van der Waals surface area contributed by atoms with Crippen LogP contribution in [0.25, 0.3) is 11.3 Å². The molecule has 0 spiro atoms. The van der Waals surface area contributed by atoms with Crippen LogP contribution < -0.4 is 4.74 Å². The number of aromatic nitrogens is 2. The summed E-state index contributed by atoms with van der Waals surface area (Å²) in [6.45, 7) is -0.458. The van der Waals surface area contributed by atoms with Crippen LogP contribution in [0, 0.1) is 0 Å². The lowest BCUT2D eigenvalue weighted by Gasteiger charge is -2.14. The van der Waals surface area contributed by atoms with E-state index in [0.29, 0.717) is 27.7 Å². The highest BCUT2D eigenvalue weighted by atomic mass is 32.1. The molecule has 4 aromatic rings. The fraction of sp³-hybridized carbons (Fsp3) is 0.160. The van der Waals surface area contributed by atoms with E-state index in [-0.39, 0.29) is 17.7 Å². The third-order valence-corrected chi connectivity index (χ3v) is 5.85. The van der Waals surface area contributed by atoms with Crippen molar-refractivity contribution in [2.75, 3.05) is 6.61 Å². The first-order valence-electron chi connectivity index (χ1n) is 10.4. The minimum absolute atomic E-state index is 0.00139. The van der Waals surface area contributed by atoms with Crippen LogP contribution in [-0.2, 0) is 12.6 Å². The van der Waals surface area contributed by atoms with Gasteiger partial charge in [-0.1, -0.05) is 6.07 Å².